The van der Waals surface area contributed by atoms with Crippen LogP contribution in [-0.2, 0) is 38.6 Å². The Labute approximate surface area is 193 Å². The van der Waals surface area contributed by atoms with Gasteiger partial charge in [-0.15, -0.1) is 0 Å². The van der Waals surface area contributed by atoms with E-state index >= 15 is 0 Å². The first-order valence-corrected chi connectivity index (χ1v) is 15.2. The maximum Gasteiger partial charge on any atom is 0.340 e. The van der Waals surface area contributed by atoms with E-state index in [9.17, 15) is 4.79 Å². The summed E-state index contributed by atoms with van der Waals surface area (Å²) in [5.74, 6) is 0.338. The van der Waals surface area contributed by atoms with Crippen molar-refractivity contribution < 1.29 is 23.7 Å². The van der Waals surface area contributed by atoms with Gasteiger partial charge in [-0.05, 0) is 37.4 Å². The summed E-state index contributed by atoms with van der Waals surface area (Å²) in [5, 5.41) is 0. The van der Waals surface area contributed by atoms with Crippen LogP contribution in [0.3, 0.4) is 0 Å². The third-order valence-electron chi connectivity index (χ3n) is 5.59. The first-order chi connectivity index (χ1) is 15.3. The second-order valence-electron chi connectivity index (χ2n) is 9.53. The van der Waals surface area contributed by atoms with Gasteiger partial charge < -0.3 is 23.5 Å². The van der Waals surface area contributed by atoms with E-state index < -0.39 is 8.07 Å². The molecule has 1 aliphatic rings. The molecule has 1 unspecified atom stereocenters. The lowest BCUT2D eigenvalue weighted by Gasteiger charge is -2.22. The van der Waals surface area contributed by atoms with Crippen molar-refractivity contribution >= 4 is 32.4 Å². The number of esters is 1. The topological polar surface area (TPSA) is 71.8 Å². The number of carbonyl (C=O) groups excluding carboxylic acids is 1. The predicted octanol–water partition coefficient (Wildman–Crippen LogP) is 4.43. The second kappa shape index (κ2) is 11.5. The van der Waals surface area contributed by atoms with E-state index in [-0.39, 0.29) is 12.3 Å². The standard InChI is InChI=1S/C23H36BN2O5Si/c1-24-14-17-12-18(23(27)28-2)22-19(13-17)26(16-29-10-11-32(3,4)5)20(25-22)15-31-21-8-6-7-9-30-21/h12-13,21H,6-11,14-16H2,1-5H3. The van der Waals surface area contributed by atoms with Gasteiger partial charge >= 0.3 is 5.97 Å². The molecule has 0 amide bonds. The third-order valence-corrected chi connectivity index (χ3v) is 7.30. The quantitative estimate of drug-likeness (QED) is 0.281. The summed E-state index contributed by atoms with van der Waals surface area (Å²) in [5.41, 5.74) is 2.99. The number of hydrogen-bond donors (Lipinski definition) is 0. The molecule has 1 saturated heterocycles. The molecule has 2 heterocycles. The fourth-order valence-electron chi connectivity index (χ4n) is 3.75. The average molecular weight is 459 g/mol. The van der Waals surface area contributed by atoms with E-state index in [4.69, 9.17) is 23.9 Å². The van der Waals surface area contributed by atoms with Crippen molar-refractivity contribution in [3.8, 4) is 0 Å². The van der Waals surface area contributed by atoms with E-state index in [2.05, 4.69) is 33.0 Å². The number of methoxy groups -OCH3 is 1. The number of aromatic nitrogens is 2. The molecule has 0 N–H and O–H groups in total. The maximum atomic E-state index is 12.5. The molecule has 175 valence electrons. The highest BCUT2D eigenvalue weighted by atomic mass is 28.3. The molecule has 1 aromatic heterocycles. The van der Waals surface area contributed by atoms with Gasteiger partial charge in [0.1, 0.15) is 32.0 Å². The molecule has 1 aliphatic heterocycles. The van der Waals surface area contributed by atoms with Crippen LogP contribution in [0.25, 0.3) is 11.0 Å². The molecular weight excluding hydrogens is 423 g/mol. The Balaban J connectivity index is 1.92. The van der Waals surface area contributed by atoms with Gasteiger partial charge in [0.15, 0.2) is 6.29 Å². The molecule has 1 aromatic carbocycles. The minimum absolute atomic E-state index is 0.213. The van der Waals surface area contributed by atoms with Crippen LogP contribution < -0.4 is 0 Å². The minimum Gasteiger partial charge on any atom is -0.465 e. The molecular formula is C23H36BN2O5Si. The lowest BCUT2D eigenvalue weighted by atomic mass is 9.75. The van der Waals surface area contributed by atoms with Crippen LogP contribution in [0.15, 0.2) is 12.1 Å². The summed E-state index contributed by atoms with van der Waals surface area (Å²) in [6.45, 7) is 11.1. The molecule has 0 aliphatic carbocycles. The van der Waals surface area contributed by atoms with E-state index in [1.54, 1.807) is 0 Å². The van der Waals surface area contributed by atoms with Gasteiger partial charge in [-0.3, -0.25) is 0 Å². The van der Waals surface area contributed by atoms with Crippen molar-refractivity contribution in [1.82, 2.24) is 9.55 Å². The maximum absolute atomic E-state index is 12.5. The van der Waals surface area contributed by atoms with Crippen LogP contribution in [0.5, 0.6) is 0 Å². The molecule has 7 nitrogen and oxygen atoms in total. The molecule has 2 aromatic rings. The molecule has 32 heavy (non-hydrogen) atoms. The van der Waals surface area contributed by atoms with Crippen LogP contribution in [0.2, 0.25) is 32.5 Å². The molecule has 1 radical (unpaired) electrons. The van der Waals surface area contributed by atoms with Crippen molar-refractivity contribution in [3.63, 3.8) is 0 Å². The normalized spacial score (nSPS) is 17.0. The lowest BCUT2D eigenvalue weighted by molar-refractivity contribution is -0.170. The van der Waals surface area contributed by atoms with Crippen LogP contribution in [0, 0.1) is 0 Å². The summed E-state index contributed by atoms with van der Waals surface area (Å²) in [6.07, 6.45) is 3.60. The van der Waals surface area contributed by atoms with Gasteiger partial charge in [0, 0.05) is 21.3 Å². The number of hydrogen-bond acceptors (Lipinski definition) is 6. The van der Waals surface area contributed by atoms with Gasteiger partial charge in [0.05, 0.1) is 18.2 Å². The highest BCUT2D eigenvalue weighted by Gasteiger charge is 2.22. The Hall–Kier alpha value is -1.68. The minimum atomic E-state index is -1.19. The van der Waals surface area contributed by atoms with Crippen LogP contribution in [0.4, 0.5) is 0 Å². The second-order valence-corrected chi connectivity index (χ2v) is 15.1. The molecule has 9 heteroatoms. The van der Waals surface area contributed by atoms with Crippen LogP contribution in [0.1, 0.15) is 41.0 Å². The summed E-state index contributed by atoms with van der Waals surface area (Å²) >= 11 is 0. The van der Waals surface area contributed by atoms with Gasteiger partial charge in [-0.1, -0.05) is 38.3 Å². The zero-order chi connectivity index (χ0) is 23.1. The first-order valence-electron chi connectivity index (χ1n) is 11.5. The average Bonchev–Trinajstić information content (AvgIpc) is 3.12. The Bertz CT molecular complexity index is 906. The zero-order valence-electron chi connectivity index (χ0n) is 20.1. The highest BCUT2D eigenvalue weighted by Crippen LogP contribution is 2.25. The van der Waals surface area contributed by atoms with Gasteiger partial charge in [0.2, 0.25) is 0 Å². The Morgan fingerprint density at radius 1 is 1.31 bits per heavy atom. The number of carbonyl (C=O) groups is 1. The molecule has 3 rings (SSSR count). The van der Waals surface area contributed by atoms with E-state index in [0.717, 1.165) is 55.1 Å². The number of ether oxygens (including phenoxy) is 4. The van der Waals surface area contributed by atoms with Crippen molar-refractivity contribution in [3.05, 3.63) is 29.1 Å². The summed E-state index contributed by atoms with van der Waals surface area (Å²) in [4.78, 5) is 17.3. The first kappa shape index (κ1) is 25.0. The summed E-state index contributed by atoms with van der Waals surface area (Å²) in [7, 11) is 2.27. The number of rotatable bonds is 11. The fourth-order valence-corrected chi connectivity index (χ4v) is 4.50. The van der Waals surface area contributed by atoms with E-state index in [1.165, 1.54) is 7.11 Å². The van der Waals surface area contributed by atoms with Crippen molar-refractivity contribution in [1.29, 1.82) is 0 Å². The Morgan fingerprint density at radius 2 is 2.12 bits per heavy atom. The van der Waals surface area contributed by atoms with E-state index in [0.29, 0.717) is 31.0 Å². The van der Waals surface area contributed by atoms with Crippen LogP contribution in [-0.4, -0.2) is 57.5 Å². The monoisotopic (exact) mass is 459 g/mol. The summed E-state index contributed by atoms with van der Waals surface area (Å²) in [6, 6.07) is 5.04. The molecule has 0 spiro atoms. The summed E-state index contributed by atoms with van der Waals surface area (Å²) < 4.78 is 24.9. The lowest BCUT2D eigenvalue weighted by Crippen LogP contribution is -2.23. The Kier molecular flexibility index (Phi) is 8.93. The molecule has 0 saturated carbocycles. The van der Waals surface area contributed by atoms with Gasteiger partial charge in [-0.2, -0.15) is 0 Å². The molecule has 0 bridgehead atoms. The van der Waals surface area contributed by atoms with Gasteiger partial charge in [0.25, 0.3) is 0 Å². The number of benzene rings is 1. The van der Waals surface area contributed by atoms with E-state index in [1.807, 2.05) is 17.5 Å². The van der Waals surface area contributed by atoms with Crippen molar-refractivity contribution in [2.24, 2.45) is 0 Å². The number of imidazole rings is 1. The zero-order valence-corrected chi connectivity index (χ0v) is 21.1. The highest BCUT2D eigenvalue weighted by molar-refractivity contribution is 6.76. The number of nitrogens with zero attached hydrogens (tertiary/aromatic N) is 2. The SMILES string of the molecule is C[B]Cc1cc(C(=O)OC)c2nc(COC3CCCCO3)n(COCC[Si](C)(C)C)c2c1. The third kappa shape index (κ3) is 6.66. The largest absolute Gasteiger partial charge is 0.465 e. The van der Waals surface area contributed by atoms with Gasteiger partial charge in [-0.25, -0.2) is 9.78 Å². The predicted molar refractivity (Wildman–Crippen MR) is 129 cm³/mol. The number of fused-ring (bicyclic) bond motifs is 1. The van der Waals surface area contributed by atoms with Crippen molar-refractivity contribution in [2.45, 2.75) is 77.7 Å². The fraction of sp³-hybridized carbons (Fsp3) is 0.652. The smallest absolute Gasteiger partial charge is 0.340 e. The van der Waals surface area contributed by atoms with Crippen LogP contribution >= 0.6 is 0 Å². The Morgan fingerprint density at radius 3 is 2.78 bits per heavy atom. The molecule has 1 fully saturated rings. The molecule has 1 atom stereocenters. The van der Waals surface area contributed by atoms with Crippen molar-refractivity contribution in [2.75, 3.05) is 20.3 Å².